The van der Waals surface area contributed by atoms with Crippen molar-refractivity contribution in [3.05, 3.63) is 23.6 Å². The number of anilines is 1. The van der Waals surface area contributed by atoms with Gasteiger partial charge in [0.1, 0.15) is 17.3 Å². The van der Waals surface area contributed by atoms with E-state index in [1.54, 1.807) is 7.11 Å². The zero-order chi connectivity index (χ0) is 19.0. The van der Waals surface area contributed by atoms with Gasteiger partial charge in [-0.05, 0) is 51.8 Å². The maximum Gasteiger partial charge on any atom is 0.265 e. The molecule has 1 aromatic carbocycles. The summed E-state index contributed by atoms with van der Waals surface area (Å²) in [6.07, 6.45) is 2.16. The first-order valence-corrected chi connectivity index (χ1v) is 9.37. The van der Waals surface area contributed by atoms with Gasteiger partial charge in [-0.2, -0.15) is 0 Å². The number of carbonyl (C=O) groups is 1. The zero-order valence-corrected chi connectivity index (χ0v) is 16.0. The number of fused-ring (bicyclic) bond motifs is 1. The number of rotatable bonds is 4. The summed E-state index contributed by atoms with van der Waals surface area (Å²) < 4.78 is 16.7. The third-order valence-corrected chi connectivity index (χ3v) is 5.43. The highest BCUT2D eigenvalue weighted by Crippen LogP contribution is 2.44. The van der Waals surface area contributed by atoms with E-state index < -0.39 is 0 Å². The summed E-state index contributed by atoms with van der Waals surface area (Å²) in [6.45, 7) is 6.56. The number of aromatic nitrogens is 1. The molecule has 2 aliphatic rings. The largest absolute Gasteiger partial charge is 0.496 e. The number of benzene rings is 1. The maximum absolute atomic E-state index is 12.6. The SMILES string of the molecule is COc1cc2c(cc1-c1c(C)noc1C)OCC(=O)N2CC1CCNCC1. The van der Waals surface area contributed by atoms with Crippen LogP contribution in [0.15, 0.2) is 16.7 Å². The number of carbonyl (C=O) groups excluding carboxylic acids is 1. The van der Waals surface area contributed by atoms with Crippen LogP contribution >= 0.6 is 0 Å². The molecule has 0 atom stereocenters. The molecule has 4 rings (SSSR count). The molecule has 1 aromatic heterocycles. The van der Waals surface area contributed by atoms with Crippen LogP contribution < -0.4 is 19.7 Å². The zero-order valence-electron chi connectivity index (χ0n) is 16.0. The minimum absolute atomic E-state index is 0.00632. The maximum atomic E-state index is 12.6. The predicted molar refractivity (Wildman–Crippen MR) is 101 cm³/mol. The lowest BCUT2D eigenvalue weighted by atomic mass is 9.96. The minimum Gasteiger partial charge on any atom is -0.496 e. The molecule has 1 fully saturated rings. The number of aryl methyl sites for hydroxylation is 2. The molecular formula is C20H25N3O4. The van der Waals surface area contributed by atoms with Crippen LogP contribution in [0.25, 0.3) is 11.1 Å². The number of nitrogens with zero attached hydrogens (tertiary/aromatic N) is 2. The normalized spacial score (nSPS) is 17.6. The van der Waals surface area contributed by atoms with Crippen LogP contribution in [0.2, 0.25) is 0 Å². The number of hydrogen-bond acceptors (Lipinski definition) is 6. The lowest BCUT2D eigenvalue weighted by molar-refractivity contribution is -0.121. The fourth-order valence-electron chi connectivity index (χ4n) is 3.98. The van der Waals surface area contributed by atoms with Crippen LogP contribution in [0.4, 0.5) is 5.69 Å². The van der Waals surface area contributed by atoms with Gasteiger partial charge in [0, 0.05) is 18.2 Å². The molecule has 27 heavy (non-hydrogen) atoms. The Bertz CT molecular complexity index is 836. The highest BCUT2D eigenvalue weighted by Gasteiger charge is 2.31. The van der Waals surface area contributed by atoms with Crippen molar-refractivity contribution >= 4 is 11.6 Å². The van der Waals surface area contributed by atoms with Gasteiger partial charge < -0.3 is 24.2 Å². The Labute approximate surface area is 158 Å². The third-order valence-electron chi connectivity index (χ3n) is 5.43. The molecule has 2 aliphatic heterocycles. The molecule has 7 nitrogen and oxygen atoms in total. The summed E-state index contributed by atoms with van der Waals surface area (Å²) in [5.41, 5.74) is 3.34. The van der Waals surface area contributed by atoms with Crippen molar-refractivity contribution in [3.8, 4) is 22.6 Å². The molecule has 2 aromatic rings. The number of methoxy groups -OCH3 is 1. The number of ether oxygens (including phenoxy) is 2. The molecule has 3 heterocycles. The van der Waals surface area contributed by atoms with Crippen molar-refractivity contribution < 1.29 is 18.8 Å². The van der Waals surface area contributed by atoms with E-state index in [1.807, 2.05) is 30.9 Å². The summed E-state index contributed by atoms with van der Waals surface area (Å²) in [6, 6.07) is 3.83. The van der Waals surface area contributed by atoms with Crippen molar-refractivity contribution in [3.63, 3.8) is 0 Å². The van der Waals surface area contributed by atoms with Gasteiger partial charge in [0.15, 0.2) is 6.61 Å². The molecule has 7 heteroatoms. The first kappa shape index (κ1) is 17.9. The number of nitrogens with one attached hydrogen (secondary N) is 1. The molecule has 0 bridgehead atoms. The second kappa shape index (κ2) is 7.23. The van der Waals surface area contributed by atoms with Crippen LogP contribution in [0.1, 0.15) is 24.3 Å². The molecule has 0 spiro atoms. The lowest BCUT2D eigenvalue weighted by Crippen LogP contribution is -2.43. The van der Waals surface area contributed by atoms with Crippen molar-refractivity contribution in [1.29, 1.82) is 0 Å². The monoisotopic (exact) mass is 371 g/mol. The summed E-state index contributed by atoms with van der Waals surface area (Å²) in [4.78, 5) is 14.4. The van der Waals surface area contributed by atoms with Crippen LogP contribution in [-0.4, -0.2) is 44.4 Å². The highest BCUT2D eigenvalue weighted by molar-refractivity contribution is 5.99. The molecule has 144 valence electrons. The molecule has 0 unspecified atom stereocenters. The van der Waals surface area contributed by atoms with Gasteiger partial charge >= 0.3 is 0 Å². The van der Waals surface area contributed by atoms with E-state index in [1.165, 1.54) is 0 Å². The molecule has 0 aliphatic carbocycles. The number of amides is 1. The van der Waals surface area contributed by atoms with Gasteiger partial charge in [0.05, 0.1) is 24.1 Å². The van der Waals surface area contributed by atoms with Crippen molar-refractivity contribution in [1.82, 2.24) is 10.5 Å². The van der Waals surface area contributed by atoms with E-state index in [0.29, 0.717) is 24.0 Å². The van der Waals surface area contributed by atoms with Gasteiger partial charge in [-0.25, -0.2) is 0 Å². The van der Waals surface area contributed by atoms with E-state index in [4.69, 9.17) is 14.0 Å². The predicted octanol–water partition coefficient (Wildman–Crippen LogP) is 2.69. The topological polar surface area (TPSA) is 76.8 Å². The van der Waals surface area contributed by atoms with Crippen LogP contribution in [0, 0.1) is 19.8 Å². The smallest absolute Gasteiger partial charge is 0.265 e. The van der Waals surface area contributed by atoms with Crippen LogP contribution in [0.3, 0.4) is 0 Å². The summed E-state index contributed by atoms with van der Waals surface area (Å²) in [7, 11) is 1.63. The van der Waals surface area contributed by atoms with Crippen molar-refractivity contribution in [2.75, 3.05) is 38.3 Å². The molecule has 1 N–H and O–H groups in total. The van der Waals surface area contributed by atoms with Gasteiger partial charge in [0.2, 0.25) is 0 Å². The summed E-state index contributed by atoms with van der Waals surface area (Å²) in [5, 5.41) is 7.41. The minimum atomic E-state index is -0.00632. The van der Waals surface area contributed by atoms with Gasteiger partial charge in [0.25, 0.3) is 5.91 Å². The number of piperidine rings is 1. The van der Waals surface area contributed by atoms with E-state index in [-0.39, 0.29) is 12.5 Å². The molecule has 0 radical (unpaired) electrons. The van der Waals surface area contributed by atoms with Crippen molar-refractivity contribution in [2.24, 2.45) is 5.92 Å². The fourth-order valence-corrected chi connectivity index (χ4v) is 3.98. The first-order chi connectivity index (χ1) is 13.1. The quantitative estimate of drug-likeness (QED) is 0.890. The third kappa shape index (κ3) is 3.27. The average molecular weight is 371 g/mol. The highest BCUT2D eigenvalue weighted by atomic mass is 16.5. The van der Waals surface area contributed by atoms with Gasteiger partial charge in [-0.1, -0.05) is 5.16 Å². The summed E-state index contributed by atoms with van der Waals surface area (Å²) >= 11 is 0. The summed E-state index contributed by atoms with van der Waals surface area (Å²) in [5.74, 6) is 2.59. The van der Waals surface area contributed by atoms with E-state index in [0.717, 1.165) is 54.2 Å². The standard InChI is InChI=1S/C20H25N3O4/c1-12-20(13(2)27-22-12)15-8-18-16(9-17(15)25-3)23(19(24)11-26-18)10-14-4-6-21-7-5-14/h8-9,14,21H,4-7,10-11H2,1-3H3. The van der Waals surface area contributed by atoms with Gasteiger partial charge in [-0.3, -0.25) is 4.79 Å². The Hall–Kier alpha value is -2.54. The molecule has 0 saturated carbocycles. The Balaban J connectivity index is 1.74. The molecular weight excluding hydrogens is 346 g/mol. The second-order valence-corrected chi connectivity index (χ2v) is 7.21. The molecule has 1 amide bonds. The molecule has 1 saturated heterocycles. The van der Waals surface area contributed by atoms with E-state index in [9.17, 15) is 4.79 Å². The second-order valence-electron chi connectivity index (χ2n) is 7.21. The Morgan fingerprint density at radius 1 is 1.30 bits per heavy atom. The van der Waals surface area contributed by atoms with E-state index in [2.05, 4.69) is 10.5 Å². The Morgan fingerprint density at radius 3 is 2.74 bits per heavy atom. The van der Waals surface area contributed by atoms with Crippen LogP contribution in [0.5, 0.6) is 11.5 Å². The average Bonchev–Trinajstić information content (AvgIpc) is 3.02. The van der Waals surface area contributed by atoms with Crippen LogP contribution in [-0.2, 0) is 4.79 Å². The number of hydrogen-bond donors (Lipinski definition) is 1. The first-order valence-electron chi connectivity index (χ1n) is 9.37. The van der Waals surface area contributed by atoms with Crippen molar-refractivity contribution in [2.45, 2.75) is 26.7 Å². The lowest BCUT2D eigenvalue weighted by Gasteiger charge is -2.34. The fraction of sp³-hybridized carbons (Fsp3) is 0.500. The Morgan fingerprint density at radius 2 is 2.07 bits per heavy atom. The Kier molecular flexibility index (Phi) is 4.78. The van der Waals surface area contributed by atoms with Gasteiger partial charge in [-0.15, -0.1) is 0 Å². The van der Waals surface area contributed by atoms with E-state index >= 15 is 0 Å².